The number of carbonyl (C=O) groups excluding carboxylic acids is 1. The van der Waals surface area contributed by atoms with Crippen LogP contribution in [-0.2, 0) is 4.79 Å². The Morgan fingerprint density at radius 1 is 1.14 bits per heavy atom. The highest BCUT2D eigenvalue weighted by molar-refractivity contribution is 5.92. The minimum atomic E-state index is -0.0765. The smallest absolute Gasteiger partial charge is 0.325 e. The van der Waals surface area contributed by atoms with Crippen molar-refractivity contribution >= 4 is 22.6 Å². The number of imidazole rings is 1. The number of H-pyrrole nitrogens is 1. The number of amides is 1. The third-order valence-corrected chi connectivity index (χ3v) is 5.21. The molecule has 1 fully saturated rings. The van der Waals surface area contributed by atoms with Crippen LogP contribution in [0.1, 0.15) is 24.4 Å². The van der Waals surface area contributed by atoms with Crippen LogP contribution >= 0.6 is 0 Å². The van der Waals surface area contributed by atoms with Gasteiger partial charge < -0.3 is 10.3 Å². The van der Waals surface area contributed by atoms with Crippen LogP contribution in [0.5, 0.6) is 0 Å². The van der Waals surface area contributed by atoms with Crippen molar-refractivity contribution in [1.29, 1.82) is 5.26 Å². The Balaban J connectivity index is 1.35. The molecule has 1 aliphatic heterocycles. The van der Waals surface area contributed by atoms with E-state index in [1.165, 1.54) is 0 Å². The summed E-state index contributed by atoms with van der Waals surface area (Å²) in [6.45, 7) is 1.84. The SMILES string of the molecule is N#Cc1ccc(NC(=O)CN2CCC(n3c(=O)[nH]c4ccccc43)CC2)cc1. The van der Waals surface area contributed by atoms with E-state index >= 15 is 0 Å². The number of nitrogens with one attached hydrogen (secondary N) is 2. The Hall–Kier alpha value is -3.37. The van der Waals surface area contributed by atoms with Crippen molar-refractivity contribution in [3.8, 4) is 6.07 Å². The van der Waals surface area contributed by atoms with Crippen molar-refractivity contribution in [2.24, 2.45) is 0 Å². The van der Waals surface area contributed by atoms with Crippen LogP contribution in [0.3, 0.4) is 0 Å². The molecule has 0 radical (unpaired) electrons. The fourth-order valence-electron chi connectivity index (χ4n) is 3.80. The minimum absolute atomic E-state index is 0.0711. The predicted octanol–water partition coefficient (Wildman–Crippen LogP) is 2.48. The first kappa shape index (κ1) is 18.0. The van der Waals surface area contributed by atoms with Gasteiger partial charge in [0, 0.05) is 24.8 Å². The molecule has 0 aliphatic carbocycles. The van der Waals surface area contributed by atoms with Crippen molar-refractivity contribution in [3.63, 3.8) is 0 Å². The molecular weight excluding hydrogens is 354 g/mol. The van der Waals surface area contributed by atoms with Crippen molar-refractivity contribution < 1.29 is 4.79 Å². The van der Waals surface area contributed by atoms with Crippen molar-refractivity contribution in [2.75, 3.05) is 25.0 Å². The van der Waals surface area contributed by atoms with E-state index in [2.05, 4.69) is 21.3 Å². The molecule has 0 saturated carbocycles. The standard InChI is InChI=1S/C21H21N5O2/c22-13-15-5-7-16(8-6-15)23-20(27)14-25-11-9-17(10-12-25)26-19-4-2-1-3-18(19)24-21(26)28/h1-8,17H,9-12,14H2,(H,23,27)(H,24,28). The number of carbonyl (C=O) groups is 1. The van der Waals surface area contributed by atoms with Gasteiger partial charge in [-0.25, -0.2) is 4.79 Å². The molecule has 3 aromatic rings. The van der Waals surface area contributed by atoms with Crippen LogP contribution in [-0.4, -0.2) is 40.0 Å². The van der Waals surface area contributed by atoms with Crippen LogP contribution in [0.25, 0.3) is 11.0 Å². The molecule has 0 unspecified atom stereocenters. The maximum atomic E-state index is 12.4. The summed E-state index contributed by atoms with van der Waals surface area (Å²) in [7, 11) is 0. The number of aromatic amines is 1. The van der Waals surface area contributed by atoms with Gasteiger partial charge >= 0.3 is 5.69 Å². The molecule has 2 aromatic carbocycles. The lowest BCUT2D eigenvalue weighted by Crippen LogP contribution is -2.40. The van der Waals surface area contributed by atoms with E-state index in [0.29, 0.717) is 17.8 Å². The molecule has 142 valence electrons. The number of anilines is 1. The molecule has 4 rings (SSSR count). The van der Waals surface area contributed by atoms with Gasteiger partial charge in [-0.1, -0.05) is 12.1 Å². The monoisotopic (exact) mass is 375 g/mol. The number of rotatable bonds is 4. The van der Waals surface area contributed by atoms with Gasteiger partial charge in [0.2, 0.25) is 5.91 Å². The maximum absolute atomic E-state index is 12.4. The van der Waals surface area contributed by atoms with Gasteiger partial charge in [-0.3, -0.25) is 14.3 Å². The highest BCUT2D eigenvalue weighted by atomic mass is 16.2. The number of piperidine rings is 1. The molecule has 1 aromatic heterocycles. The molecule has 0 bridgehead atoms. The molecule has 2 heterocycles. The second-order valence-electron chi connectivity index (χ2n) is 7.06. The number of nitriles is 1. The zero-order chi connectivity index (χ0) is 19.5. The molecule has 7 nitrogen and oxygen atoms in total. The molecule has 1 aliphatic rings. The molecule has 0 spiro atoms. The second kappa shape index (κ2) is 7.71. The number of para-hydroxylation sites is 2. The van der Waals surface area contributed by atoms with Crippen LogP contribution in [0.2, 0.25) is 0 Å². The van der Waals surface area contributed by atoms with E-state index in [4.69, 9.17) is 5.26 Å². The average molecular weight is 375 g/mol. The molecule has 1 amide bonds. The van der Waals surface area contributed by atoms with Gasteiger partial charge in [0.15, 0.2) is 0 Å². The Labute approximate surface area is 162 Å². The van der Waals surface area contributed by atoms with E-state index < -0.39 is 0 Å². The van der Waals surface area contributed by atoms with Gasteiger partial charge in [-0.05, 0) is 49.2 Å². The van der Waals surface area contributed by atoms with E-state index in [1.807, 2.05) is 28.8 Å². The number of benzene rings is 2. The molecule has 0 atom stereocenters. The minimum Gasteiger partial charge on any atom is -0.325 e. The van der Waals surface area contributed by atoms with Gasteiger partial charge in [0.1, 0.15) is 0 Å². The van der Waals surface area contributed by atoms with Gasteiger partial charge in [-0.15, -0.1) is 0 Å². The van der Waals surface area contributed by atoms with Crippen LogP contribution in [0.4, 0.5) is 5.69 Å². The van der Waals surface area contributed by atoms with Crippen molar-refractivity contribution in [1.82, 2.24) is 14.5 Å². The number of hydrogen-bond donors (Lipinski definition) is 2. The largest absolute Gasteiger partial charge is 0.326 e. The van der Waals surface area contributed by atoms with E-state index in [1.54, 1.807) is 24.3 Å². The summed E-state index contributed by atoms with van der Waals surface area (Å²) in [6, 6.07) is 16.7. The summed E-state index contributed by atoms with van der Waals surface area (Å²) in [5.41, 5.74) is 2.97. The number of likely N-dealkylation sites (tertiary alicyclic amines) is 1. The molecule has 1 saturated heterocycles. The molecule has 2 N–H and O–H groups in total. The summed E-state index contributed by atoms with van der Waals surface area (Å²) < 4.78 is 1.85. The third kappa shape index (κ3) is 3.68. The number of nitrogens with zero attached hydrogens (tertiary/aromatic N) is 3. The zero-order valence-electron chi connectivity index (χ0n) is 15.4. The van der Waals surface area contributed by atoms with E-state index in [0.717, 1.165) is 37.0 Å². The highest BCUT2D eigenvalue weighted by Gasteiger charge is 2.24. The number of aromatic nitrogens is 2. The van der Waals surface area contributed by atoms with E-state index in [-0.39, 0.29) is 17.6 Å². The first-order chi connectivity index (χ1) is 13.6. The van der Waals surface area contributed by atoms with Gasteiger partial charge in [0.25, 0.3) is 0 Å². The van der Waals surface area contributed by atoms with Crippen LogP contribution in [0.15, 0.2) is 53.3 Å². The van der Waals surface area contributed by atoms with Crippen molar-refractivity contribution in [3.05, 3.63) is 64.6 Å². The quantitative estimate of drug-likeness (QED) is 0.732. The normalized spacial score (nSPS) is 15.4. The summed E-state index contributed by atoms with van der Waals surface area (Å²) >= 11 is 0. The van der Waals surface area contributed by atoms with Crippen LogP contribution in [0, 0.1) is 11.3 Å². The lowest BCUT2D eigenvalue weighted by Gasteiger charge is -2.32. The fraction of sp³-hybridized carbons (Fsp3) is 0.286. The van der Waals surface area contributed by atoms with E-state index in [9.17, 15) is 9.59 Å². The van der Waals surface area contributed by atoms with Gasteiger partial charge in [0.05, 0.1) is 29.2 Å². The summed E-state index contributed by atoms with van der Waals surface area (Å²) in [6.07, 6.45) is 1.65. The molecule has 28 heavy (non-hydrogen) atoms. The first-order valence-corrected chi connectivity index (χ1v) is 9.35. The maximum Gasteiger partial charge on any atom is 0.326 e. The van der Waals surface area contributed by atoms with Crippen LogP contribution < -0.4 is 11.0 Å². The topological polar surface area (TPSA) is 93.9 Å². The highest BCUT2D eigenvalue weighted by Crippen LogP contribution is 2.24. The summed E-state index contributed by atoms with van der Waals surface area (Å²) in [5, 5.41) is 11.7. The summed E-state index contributed by atoms with van der Waals surface area (Å²) in [5.74, 6) is -0.0765. The third-order valence-electron chi connectivity index (χ3n) is 5.21. The lowest BCUT2D eigenvalue weighted by molar-refractivity contribution is -0.117. The molecular formula is C21H21N5O2. The Kier molecular flexibility index (Phi) is 4.96. The molecule has 7 heteroatoms. The Bertz CT molecular complexity index is 1080. The predicted molar refractivity (Wildman–Crippen MR) is 107 cm³/mol. The fourth-order valence-corrected chi connectivity index (χ4v) is 3.80. The number of hydrogen-bond acceptors (Lipinski definition) is 4. The zero-order valence-corrected chi connectivity index (χ0v) is 15.4. The first-order valence-electron chi connectivity index (χ1n) is 9.35. The lowest BCUT2D eigenvalue weighted by atomic mass is 10.0. The summed E-state index contributed by atoms with van der Waals surface area (Å²) in [4.78, 5) is 29.7. The van der Waals surface area contributed by atoms with Gasteiger partial charge in [-0.2, -0.15) is 5.26 Å². The Morgan fingerprint density at radius 2 is 1.86 bits per heavy atom. The van der Waals surface area contributed by atoms with Crippen molar-refractivity contribution in [2.45, 2.75) is 18.9 Å². The number of fused-ring (bicyclic) bond motifs is 1. The Morgan fingerprint density at radius 3 is 2.57 bits per heavy atom. The average Bonchev–Trinajstić information content (AvgIpc) is 3.05. The second-order valence-corrected chi connectivity index (χ2v) is 7.06.